The van der Waals surface area contributed by atoms with Crippen molar-refractivity contribution in [2.24, 2.45) is 4.99 Å². The third-order valence-corrected chi connectivity index (χ3v) is 3.77. The Balaban J connectivity index is 2.27. The Kier molecular flexibility index (Phi) is 4.61. The zero-order valence-electron chi connectivity index (χ0n) is 10.8. The molecular formula is C13H11BrN2O3S. The van der Waals surface area contributed by atoms with E-state index in [1.165, 1.54) is 6.92 Å². The van der Waals surface area contributed by atoms with Crippen molar-refractivity contribution in [3.8, 4) is 5.75 Å². The van der Waals surface area contributed by atoms with E-state index < -0.39 is 0 Å². The van der Waals surface area contributed by atoms with Crippen molar-refractivity contribution in [2.75, 3.05) is 7.11 Å². The number of halogens is 1. The molecule has 0 aromatic heterocycles. The Labute approximate surface area is 128 Å². The Morgan fingerprint density at radius 2 is 2.25 bits per heavy atom. The number of carbonyl (C=O) groups is 2. The highest BCUT2D eigenvalue weighted by Crippen LogP contribution is 2.31. The lowest BCUT2D eigenvalue weighted by atomic mass is 10.2. The van der Waals surface area contributed by atoms with Crippen LogP contribution in [0.3, 0.4) is 0 Å². The minimum atomic E-state index is -0.374. The molecule has 104 valence electrons. The van der Waals surface area contributed by atoms with Crippen LogP contribution in [0.5, 0.6) is 5.75 Å². The zero-order chi connectivity index (χ0) is 14.7. The van der Waals surface area contributed by atoms with Gasteiger partial charge in [0.25, 0.3) is 5.91 Å². The van der Waals surface area contributed by atoms with Crippen molar-refractivity contribution in [1.29, 1.82) is 0 Å². The monoisotopic (exact) mass is 354 g/mol. The van der Waals surface area contributed by atoms with Gasteiger partial charge in [-0.1, -0.05) is 15.9 Å². The molecule has 2 rings (SSSR count). The van der Waals surface area contributed by atoms with Gasteiger partial charge in [-0.15, -0.1) is 0 Å². The minimum absolute atomic E-state index is 0.259. The molecule has 1 aliphatic heterocycles. The largest absolute Gasteiger partial charge is 0.496 e. The summed E-state index contributed by atoms with van der Waals surface area (Å²) in [6.07, 6.45) is 1.69. The van der Waals surface area contributed by atoms with E-state index in [1.54, 1.807) is 19.3 Å². The number of carbonyl (C=O) groups excluding carboxylic acids is 2. The van der Waals surface area contributed by atoms with Gasteiger partial charge in [0.05, 0.1) is 12.0 Å². The lowest BCUT2D eigenvalue weighted by Crippen LogP contribution is -2.23. The second-order valence-corrected chi connectivity index (χ2v) is 5.85. The van der Waals surface area contributed by atoms with Crippen LogP contribution in [0.2, 0.25) is 0 Å². The normalized spacial score (nSPS) is 16.2. The Morgan fingerprint density at radius 1 is 1.50 bits per heavy atom. The lowest BCUT2D eigenvalue weighted by Gasteiger charge is -2.05. The molecule has 1 N–H and O–H groups in total. The summed E-state index contributed by atoms with van der Waals surface area (Å²) in [5, 5.41) is 2.79. The molecule has 0 unspecified atom stereocenters. The van der Waals surface area contributed by atoms with E-state index in [-0.39, 0.29) is 11.8 Å². The highest BCUT2D eigenvalue weighted by atomic mass is 79.9. The van der Waals surface area contributed by atoms with Gasteiger partial charge in [-0.3, -0.25) is 9.59 Å². The van der Waals surface area contributed by atoms with Gasteiger partial charge >= 0.3 is 0 Å². The maximum absolute atomic E-state index is 11.8. The van der Waals surface area contributed by atoms with E-state index in [9.17, 15) is 9.59 Å². The van der Waals surface area contributed by atoms with E-state index in [0.29, 0.717) is 15.8 Å². The topological polar surface area (TPSA) is 67.8 Å². The molecule has 1 aromatic carbocycles. The summed E-state index contributed by atoms with van der Waals surface area (Å²) in [5.74, 6) is 0.0215. The second kappa shape index (κ2) is 6.23. The first-order chi connectivity index (χ1) is 9.49. The second-order valence-electron chi connectivity index (χ2n) is 3.90. The summed E-state index contributed by atoms with van der Waals surface area (Å²) in [7, 11) is 1.56. The fraction of sp³-hybridized carbons (Fsp3) is 0.154. The van der Waals surface area contributed by atoms with Crippen molar-refractivity contribution in [1.82, 2.24) is 5.32 Å². The minimum Gasteiger partial charge on any atom is -0.496 e. The average Bonchev–Trinajstić information content (AvgIpc) is 2.69. The Bertz CT molecular complexity index is 641. The number of methoxy groups -OCH3 is 1. The third kappa shape index (κ3) is 3.49. The van der Waals surface area contributed by atoms with Gasteiger partial charge in [0.15, 0.2) is 5.17 Å². The van der Waals surface area contributed by atoms with Crippen LogP contribution in [-0.2, 0) is 9.59 Å². The number of nitrogens with zero attached hydrogens (tertiary/aromatic N) is 1. The predicted octanol–water partition coefficient (Wildman–Crippen LogP) is 2.56. The maximum Gasteiger partial charge on any atom is 0.286 e. The lowest BCUT2D eigenvalue weighted by molar-refractivity contribution is -0.117. The predicted molar refractivity (Wildman–Crippen MR) is 82.5 cm³/mol. The van der Waals surface area contributed by atoms with Crippen molar-refractivity contribution in [2.45, 2.75) is 6.92 Å². The van der Waals surface area contributed by atoms with E-state index in [2.05, 4.69) is 26.2 Å². The quantitative estimate of drug-likeness (QED) is 0.828. The van der Waals surface area contributed by atoms with Gasteiger partial charge in [0.1, 0.15) is 5.75 Å². The van der Waals surface area contributed by atoms with Crippen molar-refractivity contribution in [3.63, 3.8) is 0 Å². The molecule has 20 heavy (non-hydrogen) atoms. The van der Waals surface area contributed by atoms with Crippen LogP contribution in [0.1, 0.15) is 12.5 Å². The molecule has 7 heteroatoms. The summed E-state index contributed by atoms with van der Waals surface area (Å²) in [6, 6.07) is 5.50. The average molecular weight is 355 g/mol. The molecule has 1 aromatic rings. The number of rotatable bonds is 2. The number of benzene rings is 1. The molecule has 0 fully saturated rings. The van der Waals surface area contributed by atoms with Crippen molar-refractivity contribution < 1.29 is 14.3 Å². The number of thioether (sulfide) groups is 1. The number of aliphatic imine (C=N–C) groups is 1. The summed E-state index contributed by atoms with van der Waals surface area (Å²) < 4.78 is 6.12. The van der Waals surface area contributed by atoms with Gasteiger partial charge in [-0.2, -0.15) is 4.99 Å². The molecule has 0 saturated carbocycles. The Morgan fingerprint density at radius 3 is 2.90 bits per heavy atom. The molecule has 1 heterocycles. The fourth-order valence-corrected chi connectivity index (χ4v) is 2.80. The molecule has 0 bridgehead atoms. The number of nitrogens with one attached hydrogen (secondary N) is 1. The molecule has 0 atom stereocenters. The van der Waals surface area contributed by atoms with Crippen LogP contribution in [-0.4, -0.2) is 24.1 Å². The highest BCUT2D eigenvalue weighted by Gasteiger charge is 2.22. The molecule has 0 radical (unpaired) electrons. The first kappa shape index (κ1) is 14.8. The molecular weight excluding hydrogens is 344 g/mol. The fourth-order valence-electron chi connectivity index (χ4n) is 1.57. The molecule has 0 spiro atoms. The summed E-state index contributed by atoms with van der Waals surface area (Å²) >= 11 is 4.50. The molecule has 0 aliphatic carbocycles. The number of amides is 2. The number of hydrogen-bond acceptors (Lipinski definition) is 4. The smallest absolute Gasteiger partial charge is 0.286 e. The molecule has 2 amide bonds. The number of ether oxygens (including phenoxy) is 1. The van der Waals surface area contributed by atoms with E-state index in [0.717, 1.165) is 21.8 Å². The van der Waals surface area contributed by atoms with Crippen molar-refractivity contribution in [3.05, 3.63) is 33.1 Å². The first-order valence-corrected chi connectivity index (χ1v) is 7.24. The van der Waals surface area contributed by atoms with E-state index >= 15 is 0 Å². The van der Waals surface area contributed by atoms with Gasteiger partial charge in [-0.05, 0) is 36.0 Å². The van der Waals surface area contributed by atoms with Crippen LogP contribution < -0.4 is 10.1 Å². The summed E-state index contributed by atoms with van der Waals surface area (Å²) in [4.78, 5) is 26.9. The highest BCUT2D eigenvalue weighted by molar-refractivity contribution is 9.10. The van der Waals surface area contributed by atoms with Gasteiger partial charge < -0.3 is 10.1 Å². The van der Waals surface area contributed by atoms with E-state index in [1.807, 2.05) is 12.1 Å². The summed E-state index contributed by atoms with van der Waals surface area (Å²) in [5.41, 5.74) is 0.761. The van der Waals surface area contributed by atoms with Crippen LogP contribution in [0.15, 0.2) is 32.6 Å². The number of amidine groups is 1. The third-order valence-electron chi connectivity index (χ3n) is 2.38. The summed E-state index contributed by atoms with van der Waals surface area (Å²) in [6.45, 7) is 1.37. The van der Waals surface area contributed by atoms with Crippen LogP contribution in [0.4, 0.5) is 0 Å². The van der Waals surface area contributed by atoms with Crippen LogP contribution >= 0.6 is 27.7 Å². The van der Waals surface area contributed by atoms with Gasteiger partial charge in [-0.25, -0.2) is 0 Å². The standard InChI is InChI=1S/C13H11BrN2O3S/c1-7(17)15-13-16-12(18)11(20-13)6-8-5-9(14)3-4-10(8)19-2/h3-6H,1-2H3,(H,15,16,17,18). The molecule has 5 nitrogen and oxygen atoms in total. The first-order valence-electron chi connectivity index (χ1n) is 5.63. The van der Waals surface area contributed by atoms with Crippen LogP contribution in [0.25, 0.3) is 6.08 Å². The SMILES string of the molecule is COc1ccc(Br)cc1C=C1SC(NC(C)=O)=NC1=O. The number of hydrogen-bond donors (Lipinski definition) is 1. The van der Waals surface area contributed by atoms with Crippen molar-refractivity contribution >= 4 is 50.7 Å². The molecule has 1 aliphatic rings. The molecule has 0 saturated heterocycles. The van der Waals surface area contributed by atoms with E-state index in [4.69, 9.17) is 4.74 Å². The maximum atomic E-state index is 11.8. The zero-order valence-corrected chi connectivity index (χ0v) is 13.2. The van der Waals surface area contributed by atoms with Gasteiger partial charge in [0.2, 0.25) is 5.91 Å². The van der Waals surface area contributed by atoms with Crippen LogP contribution in [0, 0.1) is 0 Å². The van der Waals surface area contributed by atoms with Gasteiger partial charge in [0, 0.05) is 17.0 Å². The Hall–Kier alpha value is -1.60.